The Bertz CT molecular complexity index is 603. The molecule has 0 aliphatic heterocycles. The van der Waals surface area contributed by atoms with Crippen LogP contribution < -0.4 is 5.32 Å². The molecule has 0 bridgehead atoms. The summed E-state index contributed by atoms with van der Waals surface area (Å²) < 4.78 is 1.75. The summed E-state index contributed by atoms with van der Waals surface area (Å²) in [5.74, 6) is 1.10. The van der Waals surface area contributed by atoms with Crippen LogP contribution in [0.5, 0.6) is 0 Å². The molecule has 0 saturated heterocycles. The molecule has 1 N–H and O–H groups in total. The lowest BCUT2D eigenvalue weighted by Gasteiger charge is -2.12. The van der Waals surface area contributed by atoms with Gasteiger partial charge in [0.1, 0.15) is 11.6 Å². The Hall–Kier alpha value is -2.24. The van der Waals surface area contributed by atoms with Gasteiger partial charge in [-0.05, 0) is 27.7 Å². The zero-order valence-corrected chi connectivity index (χ0v) is 11.5. The van der Waals surface area contributed by atoms with E-state index in [0.717, 1.165) is 0 Å². The Kier molecular flexibility index (Phi) is 3.59. The van der Waals surface area contributed by atoms with E-state index in [9.17, 15) is 4.79 Å². The van der Waals surface area contributed by atoms with E-state index >= 15 is 0 Å². The SMILES string of the molecule is Cc1ncc(C(=O)Nc2ccnn2C(C)C)c(C)n1. The molecule has 0 unspecified atom stereocenters. The number of hydrogen-bond donors (Lipinski definition) is 1. The van der Waals surface area contributed by atoms with Crippen molar-refractivity contribution >= 4 is 11.7 Å². The van der Waals surface area contributed by atoms with E-state index in [1.165, 1.54) is 0 Å². The van der Waals surface area contributed by atoms with Gasteiger partial charge < -0.3 is 5.32 Å². The van der Waals surface area contributed by atoms with Gasteiger partial charge >= 0.3 is 0 Å². The van der Waals surface area contributed by atoms with Crippen LogP contribution in [0.1, 0.15) is 41.8 Å². The molecule has 0 saturated carbocycles. The maximum absolute atomic E-state index is 12.2. The van der Waals surface area contributed by atoms with Crippen molar-refractivity contribution in [1.29, 1.82) is 0 Å². The molecule has 0 spiro atoms. The molecule has 0 aliphatic rings. The summed E-state index contributed by atoms with van der Waals surface area (Å²) in [6, 6.07) is 1.95. The summed E-state index contributed by atoms with van der Waals surface area (Å²) in [6.07, 6.45) is 3.21. The van der Waals surface area contributed by atoms with Crippen molar-refractivity contribution < 1.29 is 4.79 Å². The second-order valence-corrected chi connectivity index (χ2v) is 4.63. The minimum atomic E-state index is -0.222. The fraction of sp³-hybridized carbons (Fsp3) is 0.385. The predicted molar refractivity (Wildman–Crippen MR) is 72.1 cm³/mol. The third-order valence-electron chi connectivity index (χ3n) is 2.75. The van der Waals surface area contributed by atoms with Gasteiger partial charge in [-0.3, -0.25) is 4.79 Å². The van der Waals surface area contributed by atoms with E-state index in [4.69, 9.17) is 0 Å². The number of hydrogen-bond acceptors (Lipinski definition) is 4. The number of nitrogens with zero attached hydrogens (tertiary/aromatic N) is 4. The Labute approximate surface area is 111 Å². The molecular weight excluding hydrogens is 242 g/mol. The number of aromatic nitrogens is 4. The molecule has 2 rings (SSSR count). The van der Waals surface area contributed by atoms with Crippen LogP contribution in [0.25, 0.3) is 0 Å². The molecule has 6 heteroatoms. The van der Waals surface area contributed by atoms with E-state index in [2.05, 4.69) is 20.4 Å². The number of aryl methyl sites for hydroxylation is 2. The molecule has 0 radical (unpaired) electrons. The van der Waals surface area contributed by atoms with Crippen LogP contribution in [0.4, 0.5) is 5.82 Å². The third-order valence-corrected chi connectivity index (χ3v) is 2.75. The maximum Gasteiger partial charge on any atom is 0.260 e. The first kappa shape index (κ1) is 13.2. The fourth-order valence-corrected chi connectivity index (χ4v) is 1.81. The summed E-state index contributed by atoms with van der Waals surface area (Å²) in [6.45, 7) is 7.59. The van der Waals surface area contributed by atoms with E-state index in [1.807, 2.05) is 13.8 Å². The quantitative estimate of drug-likeness (QED) is 0.916. The van der Waals surface area contributed by atoms with Crippen molar-refractivity contribution in [2.45, 2.75) is 33.7 Å². The lowest BCUT2D eigenvalue weighted by molar-refractivity contribution is 0.102. The minimum Gasteiger partial charge on any atom is -0.307 e. The summed E-state index contributed by atoms with van der Waals surface area (Å²) in [5.41, 5.74) is 1.14. The second-order valence-electron chi connectivity index (χ2n) is 4.63. The number of nitrogens with one attached hydrogen (secondary N) is 1. The van der Waals surface area contributed by atoms with Gasteiger partial charge in [0.25, 0.3) is 5.91 Å². The monoisotopic (exact) mass is 259 g/mol. The van der Waals surface area contributed by atoms with Gasteiger partial charge in [0, 0.05) is 18.3 Å². The zero-order chi connectivity index (χ0) is 14.0. The summed E-state index contributed by atoms with van der Waals surface area (Å²) in [7, 11) is 0. The topological polar surface area (TPSA) is 72.7 Å². The number of anilines is 1. The first-order valence-electron chi connectivity index (χ1n) is 6.14. The summed E-state index contributed by atoms with van der Waals surface area (Å²) >= 11 is 0. The summed E-state index contributed by atoms with van der Waals surface area (Å²) in [4.78, 5) is 20.4. The Morgan fingerprint density at radius 2 is 2.11 bits per heavy atom. The first-order chi connectivity index (χ1) is 8.99. The van der Waals surface area contributed by atoms with Gasteiger partial charge in [0.15, 0.2) is 0 Å². The van der Waals surface area contributed by atoms with Gasteiger partial charge in [0.2, 0.25) is 0 Å². The van der Waals surface area contributed by atoms with Crippen molar-refractivity contribution in [3.05, 3.63) is 35.5 Å². The number of carbonyl (C=O) groups is 1. The normalized spacial score (nSPS) is 10.8. The fourth-order valence-electron chi connectivity index (χ4n) is 1.81. The van der Waals surface area contributed by atoms with Gasteiger partial charge in [-0.1, -0.05) is 0 Å². The van der Waals surface area contributed by atoms with Crippen LogP contribution in [0.15, 0.2) is 18.5 Å². The molecule has 0 aromatic carbocycles. The van der Waals surface area contributed by atoms with Crippen LogP contribution in [-0.4, -0.2) is 25.7 Å². The van der Waals surface area contributed by atoms with Crippen LogP contribution in [0.3, 0.4) is 0 Å². The lowest BCUT2D eigenvalue weighted by atomic mass is 10.2. The molecule has 0 aliphatic carbocycles. The van der Waals surface area contributed by atoms with Crippen molar-refractivity contribution in [3.63, 3.8) is 0 Å². The smallest absolute Gasteiger partial charge is 0.260 e. The second kappa shape index (κ2) is 5.17. The molecule has 6 nitrogen and oxygen atoms in total. The molecule has 2 aromatic heterocycles. The predicted octanol–water partition coefficient (Wildman–Crippen LogP) is 2.12. The molecule has 1 amide bonds. The number of rotatable bonds is 3. The van der Waals surface area contributed by atoms with Crippen molar-refractivity contribution in [1.82, 2.24) is 19.7 Å². The van der Waals surface area contributed by atoms with Gasteiger partial charge in [-0.15, -0.1) is 0 Å². The average molecular weight is 259 g/mol. The standard InChI is InChI=1S/C13H17N5O/c1-8(2)18-12(5-6-15-18)17-13(19)11-7-14-10(4)16-9(11)3/h5-8H,1-4H3,(H,17,19). The number of amides is 1. The van der Waals surface area contributed by atoms with E-state index in [1.54, 1.807) is 37.0 Å². The molecule has 0 fully saturated rings. The molecule has 2 aromatic rings. The van der Waals surface area contributed by atoms with Gasteiger partial charge in [-0.2, -0.15) is 5.10 Å². The zero-order valence-electron chi connectivity index (χ0n) is 11.5. The highest BCUT2D eigenvalue weighted by Gasteiger charge is 2.14. The highest BCUT2D eigenvalue weighted by Crippen LogP contribution is 2.15. The summed E-state index contributed by atoms with van der Waals surface area (Å²) in [5, 5.41) is 7.00. The molecule has 100 valence electrons. The van der Waals surface area contributed by atoms with Gasteiger partial charge in [-0.25, -0.2) is 14.6 Å². The lowest BCUT2D eigenvalue weighted by Crippen LogP contribution is -2.18. The maximum atomic E-state index is 12.2. The highest BCUT2D eigenvalue weighted by molar-refractivity contribution is 6.04. The van der Waals surface area contributed by atoms with E-state index in [-0.39, 0.29) is 11.9 Å². The van der Waals surface area contributed by atoms with Crippen LogP contribution in [0, 0.1) is 13.8 Å². The van der Waals surface area contributed by atoms with Crippen molar-refractivity contribution in [3.8, 4) is 0 Å². The van der Waals surface area contributed by atoms with Crippen molar-refractivity contribution in [2.75, 3.05) is 5.32 Å². The molecule has 0 atom stereocenters. The largest absolute Gasteiger partial charge is 0.307 e. The molecule has 2 heterocycles. The Morgan fingerprint density at radius 3 is 2.74 bits per heavy atom. The van der Waals surface area contributed by atoms with Crippen LogP contribution in [-0.2, 0) is 0 Å². The highest BCUT2D eigenvalue weighted by atomic mass is 16.1. The Balaban J connectivity index is 2.23. The van der Waals surface area contributed by atoms with E-state index in [0.29, 0.717) is 22.9 Å². The Morgan fingerprint density at radius 1 is 1.37 bits per heavy atom. The van der Waals surface area contributed by atoms with Crippen LogP contribution >= 0.6 is 0 Å². The van der Waals surface area contributed by atoms with Crippen LogP contribution in [0.2, 0.25) is 0 Å². The van der Waals surface area contributed by atoms with Crippen molar-refractivity contribution in [2.24, 2.45) is 0 Å². The number of carbonyl (C=O) groups excluding carboxylic acids is 1. The third kappa shape index (κ3) is 2.78. The van der Waals surface area contributed by atoms with E-state index < -0.39 is 0 Å². The molecular formula is C13H17N5O. The molecule has 19 heavy (non-hydrogen) atoms. The van der Waals surface area contributed by atoms with Gasteiger partial charge in [0.05, 0.1) is 17.5 Å². The first-order valence-corrected chi connectivity index (χ1v) is 6.14. The minimum absolute atomic E-state index is 0.181. The average Bonchev–Trinajstić information content (AvgIpc) is 2.76.